The molecule has 0 radical (unpaired) electrons. The van der Waals surface area contributed by atoms with Gasteiger partial charge < -0.3 is 5.73 Å². The SMILES string of the molecule is Cc1cc(S(=O)(=O)N(C)Cc2cccc(N)c2)sc1Br. The van der Waals surface area contributed by atoms with Gasteiger partial charge in [0, 0.05) is 19.3 Å². The molecule has 0 unspecified atom stereocenters. The van der Waals surface area contributed by atoms with Crippen LogP contribution in [-0.4, -0.2) is 19.8 Å². The first-order valence-corrected chi connectivity index (χ1v) is 8.92. The van der Waals surface area contributed by atoms with Gasteiger partial charge in [0.2, 0.25) is 0 Å². The average Bonchev–Trinajstić information content (AvgIpc) is 2.70. The number of nitrogens with two attached hydrogens (primary N) is 1. The van der Waals surface area contributed by atoms with Gasteiger partial charge in [-0.1, -0.05) is 12.1 Å². The van der Waals surface area contributed by atoms with Crippen molar-refractivity contribution in [2.75, 3.05) is 12.8 Å². The number of anilines is 1. The van der Waals surface area contributed by atoms with Crippen LogP contribution in [0.1, 0.15) is 11.1 Å². The van der Waals surface area contributed by atoms with E-state index in [1.165, 1.54) is 15.6 Å². The van der Waals surface area contributed by atoms with Crippen LogP contribution in [0.4, 0.5) is 5.69 Å². The maximum atomic E-state index is 12.5. The molecule has 0 fully saturated rings. The first kappa shape index (κ1) is 15.5. The van der Waals surface area contributed by atoms with Crippen LogP contribution < -0.4 is 5.73 Å². The number of nitrogens with zero attached hydrogens (tertiary/aromatic N) is 1. The largest absolute Gasteiger partial charge is 0.399 e. The molecule has 0 aliphatic rings. The minimum atomic E-state index is -3.47. The van der Waals surface area contributed by atoms with E-state index in [0.717, 1.165) is 14.9 Å². The molecule has 2 N–H and O–H groups in total. The van der Waals surface area contributed by atoms with E-state index in [4.69, 9.17) is 5.73 Å². The number of halogens is 1. The van der Waals surface area contributed by atoms with Crippen LogP contribution in [-0.2, 0) is 16.6 Å². The fraction of sp³-hybridized carbons (Fsp3) is 0.231. The molecule has 1 aromatic carbocycles. The predicted molar refractivity (Wildman–Crippen MR) is 86.3 cm³/mol. The van der Waals surface area contributed by atoms with Gasteiger partial charge >= 0.3 is 0 Å². The van der Waals surface area contributed by atoms with Crippen LogP contribution in [0.5, 0.6) is 0 Å². The molecule has 1 aromatic heterocycles. The topological polar surface area (TPSA) is 63.4 Å². The first-order valence-electron chi connectivity index (χ1n) is 5.87. The summed E-state index contributed by atoms with van der Waals surface area (Å²) < 4.78 is 27.5. The van der Waals surface area contributed by atoms with Crippen LogP contribution in [0, 0.1) is 6.92 Å². The second kappa shape index (κ2) is 5.85. The number of rotatable bonds is 4. The molecule has 7 heteroatoms. The lowest BCUT2D eigenvalue weighted by atomic mass is 10.2. The van der Waals surface area contributed by atoms with Gasteiger partial charge in [-0.15, -0.1) is 11.3 Å². The van der Waals surface area contributed by atoms with E-state index >= 15 is 0 Å². The van der Waals surface area contributed by atoms with Gasteiger partial charge in [0.25, 0.3) is 10.0 Å². The number of aryl methyl sites for hydroxylation is 1. The van der Waals surface area contributed by atoms with Crippen molar-refractivity contribution in [2.24, 2.45) is 0 Å². The van der Waals surface area contributed by atoms with Gasteiger partial charge in [-0.2, -0.15) is 4.31 Å². The highest BCUT2D eigenvalue weighted by Gasteiger charge is 2.23. The fourth-order valence-corrected chi connectivity index (χ4v) is 5.34. The zero-order valence-electron chi connectivity index (χ0n) is 11.1. The van der Waals surface area contributed by atoms with E-state index in [1.54, 1.807) is 25.2 Å². The van der Waals surface area contributed by atoms with Crippen LogP contribution in [0.15, 0.2) is 38.3 Å². The van der Waals surface area contributed by atoms with Crippen molar-refractivity contribution in [2.45, 2.75) is 17.7 Å². The fourth-order valence-electron chi connectivity index (χ4n) is 1.75. The lowest BCUT2D eigenvalue weighted by Crippen LogP contribution is -2.25. The van der Waals surface area contributed by atoms with E-state index in [-0.39, 0.29) is 0 Å². The Morgan fingerprint density at radius 2 is 2.05 bits per heavy atom. The molecule has 0 aliphatic heterocycles. The summed E-state index contributed by atoms with van der Waals surface area (Å²) in [7, 11) is -1.90. The Hall–Kier alpha value is -0.890. The quantitative estimate of drug-likeness (QED) is 0.835. The maximum Gasteiger partial charge on any atom is 0.252 e. The second-order valence-electron chi connectivity index (χ2n) is 4.53. The highest BCUT2D eigenvalue weighted by Crippen LogP contribution is 2.32. The van der Waals surface area contributed by atoms with Gasteiger partial charge in [-0.25, -0.2) is 8.42 Å². The van der Waals surface area contributed by atoms with Crippen molar-refractivity contribution in [1.29, 1.82) is 0 Å². The molecule has 0 bridgehead atoms. The minimum Gasteiger partial charge on any atom is -0.399 e. The second-order valence-corrected chi connectivity index (χ2v) is 9.17. The summed E-state index contributed by atoms with van der Waals surface area (Å²) in [5, 5.41) is 0. The minimum absolute atomic E-state index is 0.294. The van der Waals surface area contributed by atoms with E-state index in [0.29, 0.717) is 16.4 Å². The van der Waals surface area contributed by atoms with Gasteiger partial charge in [-0.3, -0.25) is 0 Å². The Morgan fingerprint density at radius 1 is 1.35 bits per heavy atom. The molecule has 4 nitrogen and oxygen atoms in total. The number of benzene rings is 1. The standard InChI is InChI=1S/C13H15BrN2O2S2/c1-9-6-12(19-13(9)14)20(17,18)16(2)8-10-4-3-5-11(15)7-10/h3-7H,8,15H2,1-2H3. The molecule has 1 heterocycles. The van der Waals surface area contributed by atoms with Crippen LogP contribution >= 0.6 is 27.3 Å². The summed E-state index contributed by atoms with van der Waals surface area (Å²) in [6.07, 6.45) is 0. The molecule has 0 aliphatic carbocycles. The maximum absolute atomic E-state index is 12.5. The third-order valence-electron chi connectivity index (χ3n) is 2.86. The molecule has 0 atom stereocenters. The van der Waals surface area contributed by atoms with Gasteiger partial charge in [0.05, 0.1) is 3.79 Å². The summed E-state index contributed by atoms with van der Waals surface area (Å²) in [5.74, 6) is 0. The highest BCUT2D eigenvalue weighted by molar-refractivity contribution is 9.11. The molecule has 0 spiro atoms. The molecular formula is C13H15BrN2O2S2. The van der Waals surface area contributed by atoms with E-state index in [1.807, 2.05) is 19.1 Å². The summed E-state index contributed by atoms with van der Waals surface area (Å²) in [6, 6.07) is 8.91. The highest BCUT2D eigenvalue weighted by atomic mass is 79.9. The van der Waals surface area contributed by atoms with Gasteiger partial charge in [0.15, 0.2) is 0 Å². The smallest absolute Gasteiger partial charge is 0.252 e. The number of nitrogen functional groups attached to an aromatic ring is 1. The zero-order valence-corrected chi connectivity index (χ0v) is 14.3. The van der Waals surface area contributed by atoms with Crippen LogP contribution in [0.2, 0.25) is 0 Å². The van der Waals surface area contributed by atoms with Crippen molar-refractivity contribution in [1.82, 2.24) is 4.31 Å². The van der Waals surface area contributed by atoms with E-state index < -0.39 is 10.0 Å². The number of hydrogen-bond donors (Lipinski definition) is 1. The van der Waals surface area contributed by atoms with Crippen molar-refractivity contribution in [3.8, 4) is 0 Å². The van der Waals surface area contributed by atoms with E-state index in [2.05, 4.69) is 15.9 Å². The summed E-state index contributed by atoms with van der Waals surface area (Å²) >= 11 is 4.58. The normalized spacial score (nSPS) is 12.0. The van der Waals surface area contributed by atoms with Crippen molar-refractivity contribution in [3.63, 3.8) is 0 Å². The third-order valence-corrected chi connectivity index (χ3v) is 7.24. The molecule has 2 aromatic rings. The Balaban J connectivity index is 2.25. The number of thiophene rings is 1. The average molecular weight is 375 g/mol. The molecule has 0 amide bonds. The number of sulfonamides is 1. The Kier molecular flexibility index (Phi) is 4.53. The predicted octanol–water partition coefficient (Wildman–Crippen LogP) is 3.22. The molecule has 0 saturated heterocycles. The lowest BCUT2D eigenvalue weighted by Gasteiger charge is -2.16. The molecule has 108 valence electrons. The Labute approximate surface area is 131 Å². The van der Waals surface area contributed by atoms with Crippen molar-refractivity contribution in [3.05, 3.63) is 45.2 Å². The molecule has 20 heavy (non-hydrogen) atoms. The Morgan fingerprint density at radius 3 is 2.60 bits per heavy atom. The van der Waals surface area contributed by atoms with Gasteiger partial charge in [-0.05, 0) is 52.2 Å². The Bertz CT molecular complexity index is 706. The summed E-state index contributed by atoms with van der Waals surface area (Å²) in [4.78, 5) is 0. The lowest BCUT2D eigenvalue weighted by molar-refractivity contribution is 0.468. The molecule has 2 rings (SSSR count). The third kappa shape index (κ3) is 3.22. The zero-order chi connectivity index (χ0) is 14.9. The van der Waals surface area contributed by atoms with E-state index in [9.17, 15) is 8.42 Å². The van der Waals surface area contributed by atoms with Crippen molar-refractivity contribution < 1.29 is 8.42 Å². The molecule has 0 saturated carbocycles. The summed E-state index contributed by atoms with van der Waals surface area (Å²) in [5.41, 5.74) is 8.12. The molecular weight excluding hydrogens is 360 g/mol. The van der Waals surface area contributed by atoms with Gasteiger partial charge in [0.1, 0.15) is 4.21 Å². The number of hydrogen-bond acceptors (Lipinski definition) is 4. The first-order chi connectivity index (χ1) is 9.30. The van der Waals surface area contributed by atoms with Crippen molar-refractivity contribution >= 4 is 43.0 Å². The van der Waals surface area contributed by atoms with Crippen LogP contribution in [0.3, 0.4) is 0 Å². The van der Waals surface area contributed by atoms with Crippen LogP contribution in [0.25, 0.3) is 0 Å². The monoisotopic (exact) mass is 374 g/mol. The summed E-state index contributed by atoms with van der Waals surface area (Å²) in [6.45, 7) is 2.17.